The third-order valence-electron chi connectivity index (χ3n) is 23.3. The monoisotopic (exact) mass is 1290 g/mol. The molecular formula is C73H134ClF3N12O. The van der Waals surface area contributed by atoms with Crippen molar-refractivity contribution in [3.8, 4) is 0 Å². The van der Waals surface area contributed by atoms with Crippen molar-refractivity contribution in [2.75, 3.05) is 161 Å². The number of alkyl halides is 3. The van der Waals surface area contributed by atoms with Crippen molar-refractivity contribution < 1.29 is 18.0 Å². The summed E-state index contributed by atoms with van der Waals surface area (Å²) in [5, 5.41) is 12.4. The molecule has 0 unspecified atom stereocenters. The number of nitrogens with zero attached hydrogens (tertiary/aromatic N) is 9. The molecule has 3 saturated carbocycles. The minimum atomic E-state index is -4.48. The fraction of sp³-hybridized carbons (Fsp3) is 0.904. The summed E-state index contributed by atoms with van der Waals surface area (Å²) in [5.74, 6) is 2.84. The Kier molecular flexibility index (Phi) is 32.2. The van der Waals surface area contributed by atoms with E-state index in [4.69, 9.17) is 11.6 Å². The molecule has 3 N–H and O–H groups in total. The average Bonchev–Trinajstić information content (AvgIpc) is 1.56. The van der Waals surface area contributed by atoms with Gasteiger partial charge >= 0.3 is 6.18 Å². The molecule has 13 nitrogen and oxygen atoms in total. The van der Waals surface area contributed by atoms with E-state index in [1.165, 1.54) is 115 Å². The highest BCUT2D eigenvalue weighted by atomic mass is 35.5. The lowest BCUT2D eigenvalue weighted by atomic mass is 9.82. The molecule has 90 heavy (non-hydrogen) atoms. The molecule has 3 heterocycles. The van der Waals surface area contributed by atoms with Gasteiger partial charge in [0, 0.05) is 147 Å². The first-order valence-corrected chi connectivity index (χ1v) is 37.4. The molecule has 6 fully saturated rings. The number of aryl methyl sites for hydroxylation is 1. The number of halogens is 4. The Morgan fingerprint density at radius 1 is 0.644 bits per heavy atom. The number of carbonyl (C=O) groups excluding carboxylic acids is 1. The van der Waals surface area contributed by atoms with E-state index in [0.29, 0.717) is 60.3 Å². The standard InChI is InChI=1S/C73H134ClF3N12O/c1-12-58(4)68-54-83(7)44-43-81(5)45-46-85(9)65(48-59-25-16-13-17-26-59)53-82(6)42-37-78-62(32-30-60-31-33-66(67(74)49-60)73(75,76)77)52-89-40-24-29-63(89)51-80-72(35-20-21-36-72)56-87(11)70(61-27-18-14-19-28-61)55-86(10)69(71(90)88-38-22-15-23-39-88)34-41-84(8)64(50-79-68)47-57(2)3/h31,33,49,57-59,61-65,68-70,78-80H,12-30,32,34-48,50-56H2,1-11H3/t58-,62-,63-,64-,65-,68+,69-,70+/m0/s1. The van der Waals surface area contributed by atoms with Crippen molar-refractivity contribution in [3.05, 3.63) is 34.3 Å². The first-order chi connectivity index (χ1) is 43.1. The van der Waals surface area contributed by atoms with E-state index in [9.17, 15) is 13.2 Å². The zero-order valence-corrected chi connectivity index (χ0v) is 60.0. The largest absolute Gasteiger partial charge is 0.417 e. The topological polar surface area (TPSA) is 82.3 Å². The summed E-state index contributed by atoms with van der Waals surface area (Å²) >= 11 is 6.33. The number of likely N-dealkylation sites (N-methyl/N-ethyl adjacent to an activating group) is 7. The van der Waals surface area contributed by atoms with Crippen LogP contribution in [0.3, 0.4) is 0 Å². The van der Waals surface area contributed by atoms with Gasteiger partial charge in [-0.3, -0.25) is 14.6 Å². The number of benzene rings is 1. The SMILES string of the molecule is CC[C@H](C)[C@H]1CN(C)CCN(C)CCN(C)[C@@H](CC2CCCCC2)CN(C)CCN[C@@H](CCc2ccc(C(F)(F)F)c(Cl)c2)CN2CCC[C@H]2CNC2(CCCC2)CN(C)[C@@H](C2CCCCC2)CN(C)[C@H](C(=O)N2CCCCC2)CCN(C)[C@@H](CC(C)C)CN1. The Balaban J connectivity index is 1.15. The Bertz CT molecular complexity index is 2150. The van der Waals surface area contributed by atoms with Crippen LogP contribution in [-0.2, 0) is 17.4 Å². The Hall–Kier alpha value is -1.67. The summed E-state index contributed by atoms with van der Waals surface area (Å²) < 4.78 is 41.6. The lowest BCUT2D eigenvalue weighted by molar-refractivity contribution is -0.138. The molecule has 0 aromatic heterocycles. The van der Waals surface area contributed by atoms with E-state index in [2.05, 4.69) is 137 Å². The maximum absolute atomic E-state index is 15.1. The van der Waals surface area contributed by atoms with Crippen LogP contribution in [0.4, 0.5) is 13.2 Å². The van der Waals surface area contributed by atoms with Gasteiger partial charge in [-0.15, -0.1) is 0 Å². The maximum Gasteiger partial charge on any atom is 0.417 e. The van der Waals surface area contributed by atoms with E-state index in [1.807, 2.05) is 0 Å². The number of rotatable bonds is 11. The normalized spacial score (nSPS) is 30.2. The van der Waals surface area contributed by atoms with E-state index >= 15 is 4.79 Å². The lowest BCUT2D eigenvalue weighted by Gasteiger charge is -2.45. The van der Waals surface area contributed by atoms with Crippen molar-refractivity contribution in [3.63, 3.8) is 0 Å². The van der Waals surface area contributed by atoms with Crippen molar-refractivity contribution in [1.82, 2.24) is 60.0 Å². The number of piperidine rings is 1. The van der Waals surface area contributed by atoms with Crippen LogP contribution >= 0.6 is 11.6 Å². The second-order valence-electron chi connectivity index (χ2n) is 31.0. The summed E-state index contributed by atoms with van der Waals surface area (Å²) in [6.07, 6.45) is 25.1. The molecule has 520 valence electrons. The van der Waals surface area contributed by atoms with Crippen LogP contribution in [0, 0.1) is 23.7 Å². The molecule has 6 aliphatic rings. The lowest BCUT2D eigenvalue weighted by Crippen LogP contribution is -2.59. The van der Waals surface area contributed by atoms with Gasteiger partial charge in [0.25, 0.3) is 0 Å². The van der Waals surface area contributed by atoms with Crippen LogP contribution in [0.5, 0.6) is 0 Å². The smallest absolute Gasteiger partial charge is 0.341 e. The molecular weight excluding hydrogens is 1150 g/mol. The first-order valence-electron chi connectivity index (χ1n) is 37.1. The molecule has 1 spiro atoms. The summed E-state index contributed by atoms with van der Waals surface area (Å²) in [6, 6.07) is 6.36. The fourth-order valence-corrected chi connectivity index (χ4v) is 17.3. The molecule has 0 radical (unpaired) electrons. The summed E-state index contributed by atoms with van der Waals surface area (Å²) in [5.41, 5.74) is 0.121. The Morgan fingerprint density at radius 2 is 1.30 bits per heavy atom. The van der Waals surface area contributed by atoms with Crippen molar-refractivity contribution in [1.29, 1.82) is 0 Å². The highest BCUT2D eigenvalue weighted by Crippen LogP contribution is 2.37. The molecule has 0 bridgehead atoms. The fourth-order valence-electron chi connectivity index (χ4n) is 17.0. The van der Waals surface area contributed by atoms with Gasteiger partial charge in [-0.1, -0.05) is 116 Å². The maximum atomic E-state index is 15.1. The third kappa shape index (κ3) is 24.5. The first kappa shape index (κ1) is 75.7. The number of amides is 1. The van der Waals surface area contributed by atoms with Gasteiger partial charge in [0.15, 0.2) is 0 Å². The van der Waals surface area contributed by atoms with Crippen LogP contribution in [-0.4, -0.2) is 258 Å². The highest BCUT2D eigenvalue weighted by Gasteiger charge is 2.41. The number of nitrogens with one attached hydrogen (secondary N) is 3. The van der Waals surface area contributed by atoms with Crippen molar-refractivity contribution in [2.45, 2.75) is 242 Å². The summed E-state index contributed by atoms with van der Waals surface area (Å²) in [4.78, 5) is 38.4. The minimum Gasteiger partial charge on any atom is -0.341 e. The van der Waals surface area contributed by atoms with Crippen LogP contribution in [0.2, 0.25) is 5.02 Å². The van der Waals surface area contributed by atoms with E-state index in [1.54, 1.807) is 12.1 Å². The van der Waals surface area contributed by atoms with Gasteiger partial charge in [0.2, 0.25) is 5.91 Å². The van der Waals surface area contributed by atoms with Crippen molar-refractivity contribution >= 4 is 17.5 Å². The molecule has 3 aliphatic carbocycles. The second-order valence-corrected chi connectivity index (χ2v) is 31.4. The van der Waals surface area contributed by atoms with Gasteiger partial charge in [-0.2, -0.15) is 13.2 Å². The number of carbonyl (C=O) groups is 1. The van der Waals surface area contributed by atoms with Gasteiger partial charge < -0.3 is 50.2 Å². The van der Waals surface area contributed by atoms with E-state index in [0.717, 1.165) is 168 Å². The third-order valence-corrected chi connectivity index (χ3v) is 23.6. The molecule has 3 aliphatic heterocycles. The predicted molar refractivity (Wildman–Crippen MR) is 372 cm³/mol. The van der Waals surface area contributed by atoms with E-state index in [-0.39, 0.29) is 22.6 Å². The zero-order chi connectivity index (χ0) is 64.8. The van der Waals surface area contributed by atoms with Gasteiger partial charge in [0.05, 0.1) is 16.6 Å². The molecule has 1 amide bonds. The highest BCUT2D eigenvalue weighted by molar-refractivity contribution is 6.31. The summed E-state index contributed by atoms with van der Waals surface area (Å²) in [6.45, 7) is 25.9. The summed E-state index contributed by atoms with van der Waals surface area (Å²) in [7, 11) is 16.4. The molecule has 1 aromatic carbocycles. The van der Waals surface area contributed by atoms with Crippen LogP contribution in [0.25, 0.3) is 0 Å². The second kappa shape index (κ2) is 38.3. The van der Waals surface area contributed by atoms with E-state index < -0.39 is 11.7 Å². The molecule has 1 aromatic rings. The number of hydrogen-bond donors (Lipinski definition) is 3. The Labute approximate surface area is 553 Å². The van der Waals surface area contributed by atoms with Crippen LogP contribution < -0.4 is 16.0 Å². The predicted octanol–water partition coefficient (Wildman–Crippen LogP) is 11.6. The van der Waals surface area contributed by atoms with Gasteiger partial charge in [0.1, 0.15) is 0 Å². The minimum absolute atomic E-state index is 0.0307. The van der Waals surface area contributed by atoms with Crippen LogP contribution in [0.15, 0.2) is 18.2 Å². The molecule has 8 atom stereocenters. The van der Waals surface area contributed by atoms with Gasteiger partial charge in [-0.25, -0.2) is 0 Å². The van der Waals surface area contributed by atoms with Crippen LogP contribution in [0.1, 0.15) is 193 Å². The number of fused-ring (bicyclic) bond motifs is 1. The molecule has 7 rings (SSSR count). The average molecular weight is 1290 g/mol. The Morgan fingerprint density at radius 3 is 1.98 bits per heavy atom. The van der Waals surface area contributed by atoms with Gasteiger partial charge in [-0.05, 0) is 187 Å². The number of likely N-dealkylation sites (tertiary alicyclic amines) is 1. The molecule has 3 saturated heterocycles. The quantitative estimate of drug-likeness (QED) is 0.197. The molecule has 17 heteroatoms. The van der Waals surface area contributed by atoms with Crippen molar-refractivity contribution in [2.24, 2.45) is 23.7 Å². The zero-order valence-electron chi connectivity index (χ0n) is 59.2. The number of hydrogen-bond acceptors (Lipinski definition) is 12.